The second-order valence-corrected chi connectivity index (χ2v) is 7.65. The van der Waals surface area contributed by atoms with Crippen molar-refractivity contribution in [3.8, 4) is 11.1 Å². The zero-order valence-corrected chi connectivity index (χ0v) is 15.0. The van der Waals surface area contributed by atoms with E-state index in [-0.39, 0.29) is 11.4 Å². The maximum Gasteiger partial charge on any atom is 0.241 e. The number of hydrogen-bond donors (Lipinski definition) is 1. The molecule has 0 amide bonds. The Hall–Kier alpha value is -2.03. The van der Waals surface area contributed by atoms with Crippen LogP contribution >= 0.6 is 15.9 Å². The van der Waals surface area contributed by atoms with Crippen molar-refractivity contribution in [1.29, 1.82) is 0 Å². The van der Waals surface area contributed by atoms with Gasteiger partial charge in [-0.25, -0.2) is 13.1 Å². The van der Waals surface area contributed by atoms with Crippen molar-refractivity contribution in [3.05, 3.63) is 65.7 Å². The van der Waals surface area contributed by atoms with E-state index in [1.54, 1.807) is 47.5 Å². The first-order valence-electron chi connectivity index (χ1n) is 7.23. The molecule has 1 aromatic carbocycles. The standard InChI is InChI=1S/C16H15BrN4O2S/c17-15-3-1-2-4-16(15)24(22,23)20-9-10-21-12-14(11-19-21)13-5-7-18-8-6-13/h1-8,11-12,20H,9-10H2. The summed E-state index contributed by atoms with van der Waals surface area (Å²) < 4.78 is 29.4. The summed E-state index contributed by atoms with van der Waals surface area (Å²) >= 11 is 3.26. The zero-order valence-electron chi connectivity index (χ0n) is 12.6. The van der Waals surface area contributed by atoms with Crippen molar-refractivity contribution in [1.82, 2.24) is 19.5 Å². The number of rotatable bonds is 6. The van der Waals surface area contributed by atoms with Crippen molar-refractivity contribution >= 4 is 26.0 Å². The molecule has 3 aromatic rings. The largest absolute Gasteiger partial charge is 0.271 e. The number of hydrogen-bond acceptors (Lipinski definition) is 4. The van der Waals surface area contributed by atoms with Gasteiger partial charge in [0, 0.05) is 35.2 Å². The number of benzene rings is 1. The quantitative estimate of drug-likeness (QED) is 0.682. The predicted molar refractivity (Wildman–Crippen MR) is 94.8 cm³/mol. The van der Waals surface area contributed by atoms with E-state index in [1.807, 2.05) is 18.3 Å². The average molecular weight is 407 g/mol. The molecule has 0 aliphatic rings. The van der Waals surface area contributed by atoms with Gasteiger partial charge in [-0.3, -0.25) is 9.67 Å². The molecule has 8 heteroatoms. The van der Waals surface area contributed by atoms with E-state index in [0.717, 1.165) is 11.1 Å². The summed E-state index contributed by atoms with van der Waals surface area (Å²) in [6.45, 7) is 0.690. The molecule has 2 aromatic heterocycles. The highest BCUT2D eigenvalue weighted by Gasteiger charge is 2.16. The Bertz CT molecular complexity index is 926. The molecule has 6 nitrogen and oxygen atoms in total. The first kappa shape index (κ1) is 16.8. The molecule has 1 N–H and O–H groups in total. The minimum atomic E-state index is -3.55. The van der Waals surface area contributed by atoms with Gasteiger partial charge in [0.25, 0.3) is 0 Å². The topological polar surface area (TPSA) is 76.9 Å². The van der Waals surface area contributed by atoms with Gasteiger partial charge in [-0.15, -0.1) is 0 Å². The van der Waals surface area contributed by atoms with E-state index >= 15 is 0 Å². The first-order chi connectivity index (χ1) is 11.6. The van der Waals surface area contributed by atoms with E-state index in [4.69, 9.17) is 0 Å². The van der Waals surface area contributed by atoms with Crippen LogP contribution in [0.1, 0.15) is 0 Å². The zero-order chi connectivity index (χ0) is 17.0. The minimum Gasteiger partial charge on any atom is -0.271 e. The van der Waals surface area contributed by atoms with Crippen molar-refractivity contribution < 1.29 is 8.42 Å². The summed E-state index contributed by atoms with van der Waals surface area (Å²) in [5, 5.41) is 4.25. The maximum absolute atomic E-state index is 12.3. The van der Waals surface area contributed by atoms with Crippen LogP contribution in [0.25, 0.3) is 11.1 Å². The van der Waals surface area contributed by atoms with Gasteiger partial charge in [0.1, 0.15) is 0 Å². The summed E-state index contributed by atoms with van der Waals surface area (Å²) in [5.41, 5.74) is 1.98. The molecule has 0 fully saturated rings. The minimum absolute atomic E-state index is 0.225. The van der Waals surface area contributed by atoms with Crippen LogP contribution in [0.3, 0.4) is 0 Å². The molecule has 0 radical (unpaired) electrons. The van der Waals surface area contributed by atoms with Crippen LogP contribution in [0.4, 0.5) is 0 Å². The Kier molecular flexibility index (Phi) is 5.08. The van der Waals surface area contributed by atoms with Crippen molar-refractivity contribution in [2.24, 2.45) is 0 Å². The number of nitrogens with one attached hydrogen (secondary N) is 1. The number of nitrogens with zero attached hydrogens (tertiary/aromatic N) is 3. The highest BCUT2D eigenvalue weighted by molar-refractivity contribution is 9.10. The third-order valence-corrected chi connectivity index (χ3v) is 5.88. The Morgan fingerprint density at radius 1 is 1.08 bits per heavy atom. The van der Waals surface area contributed by atoms with Crippen LogP contribution in [0.2, 0.25) is 0 Å². The average Bonchev–Trinajstić information content (AvgIpc) is 3.05. The highest BCUT2D eigenvalue weighted by atomic mass is 79.9. The Balaban J connectivity index is 1.63. The fourth-order valence-electron chi connectivity index (χ4n) is 2.21. The van der Waals surface area contributed by atoms with Crippen LogP contribution in [0, 0.1) is 0 Å². The van der Waals surface area contributed by atoms with E-state index in [1.165, 1.54) is 0 Å². The molecule has 0 aliphatic heterocycles. The van der Waals surface area contributed by atoms with Crippen LogP contribution in [-0.4, -0.2) is 29.7 Å². The summed E-state index contributed by atoms with van der Waals surface area (Å²) in [7, 11) is -3.55. The van der Waals surface area contributed by atoms with Gasteiger partial charge in [0.15, 0.2) is 0 Å². The molecule has 3 rings (SSSR count). The van der Waals surface area contributed by atoms with Gasteiger partial charge in [0.2, 0.25) is 10.0 Å². The molecule has 124 valence electrons. The number of pyridine rings is 1. The second kappa shape index (κ2) is 7.25. The molecule has 2 heterocycles. The second-order valence-electron chi connectivity index (χ2n) is 5.06. The molecule has 0 unspecified atom stereocenters. The lowest BCUT2D eigenvalue weighted by Gasteiger charge is -2.08. The fourth-order valence-corrected chi connectivity index (χ4v) is 4.24. The Labute approximate surface area is 148 Å². The van der Waals surface area contributed by atoms with Crippen molar-refractivity contribution in [2.75, 3.05) is 6.54 Å². The highest BCUT2D eigenvalue weighted by Crippen LogP contribution is 2.20. The third-order valence-electron chi connectivity index (χ3n) is 3.41. The molecule has 0 spiro atoms. The molecule has 0 atom stereocenters. The molecule has 0 aliphatic carbocycles. The van der Waals surface area contributed by atoms with Gasteiger partial charge in [-0.1, -0.05) is 12.1 Å². The Morgan fingerprint density at radius 2 is 1.83 bits per heavy atom. The monoisotopic (exact) mass is 406 g/mol. The predicted octanol–water partition coefficient (Wildman–Crippen LogP) is 2.69. The van der Waals surface area contributed by atoms with Crippen LogP contribution in [-0.2, 0) is 16.6 Å². The number of aromatic nitrogens is 3. The van der Waals surface area contributed by atoms with E-state index in [9.17, 15) is 8.42 Å². The van der Waals surface area contributed by atoms with Crippen LogP contribution < -0.4 is 4.72 Å². The van der Waals surface area contributed by atoms with Gasteiger partial charge >= 0.3 is 0 Å². The summed E-state index contributed by atoms with van der Waals surface area (Å²) in [5.74, 6) is 0. The first-order valence-corrected chi connectivity index (χ1v) is 9.51. The van der Waals surface area contributed by atoms with E-state index < -0.39 is 10.0 Å². The summed E-state index contributed by atoms with van der Waals surface area (Å²) in [4.78, 5) is 4.21. The van der Waals surface area contributed by atoms with E-state index in [0.29, 0.717) is 11.0 Å². The molecule has 0 saturated heterocycles. The summed E-state index contributed by atoms with van der Waals surface area (Å²) in [6, 6.07) is 10.5. The van der Waals surface area contributed by atoms with Crippen LogP contribution in [0.5, 0.6) is 0 Å². The van der Waals surface area contributed by atoms with Crippen LogP contribution in [0.15, 0.2) is 70.6 Å². The lowest BCUT2D eigenvalue weighted by atomic mass is 10.1. The van der Waals surface area contributed by atoms with Gasteiger partial charge in [-0.05, 0) is 45.8 Å². The summed E-state index contributed by atoms with van der Waals surface area (Å²) in [6.07, 6.45) is 7.07. The molecule has 0 bridgehead atoms. The lowest BCUT2D eigenvalue weighted by Crippen LogP contribution is -2.27. The smallest absolute Gasteiger partial charge is 0.241 e. The normalized spacial score (nSPS) is 11.5. The molecular formula is C16H15BrN4O2S. The SMILES string of the molecule is O=S(=O)(NCCn1cc(-c2ccncc2)cn1)c1ccccc1Br. The van der Waals surface area contributed by atoms with Crippen molar-refractivity contribution in [3.63, 3.8) is 0 Å². The third kappa shape index (κ3) is 3.89. The number of halogens is 1. The Morgan fingerprint density at radius 3 is 2.58 bits per heavy atom. The fraction of sp³-hybridized carbons (Fsp3) is 0.125. The van der Waals surface area contributed by atoms with Crippen molar-refractivity contribution in [2.45, 2.75) is 11.4 Å². The van der Waals surface area contributed by atoms with Gasteiger partial charge in [-0.2, -0.15) is 5.10 Å². The number of sulfonamides is 1. The lowest BCUT2D eigenvalue weighted by molar-refractivity contribution is 0.560. The van der Waals surface area contributed by atoms with Gasteiger partial charge < -0.3 is 0 Å². The van der Waals surface area contributed by atoms with E-state index in [2.05, 4.69) is 30.7 Å². The molecule has 24 heavy (non-hydrogen) atoms. The molecular weight excluding hydrogens is 392 g/mol. The molecule has 0 saturated carbocycles. The van der Waals surface area contributed by atoms with Gasteiger partial charge in [0.05, 0.1) is 17.6 Å². The maximum atomic E-state index is 12.3.